The van der Waals surface area contributed by atoms with Gasteiger partial charge in [-0.15, -0.1) is 11.3 Å². The first kappa shape index (κ1) is 11.1. The maximum absolute atomic E-state index is 11.3. The molecule has 1 aromatic heterocycles. The SMILES string of the molecule is NC(=S)CCNC(=O)Cc1cccs1. The second-order valence-electron chi connectivity index (χ2n) is 2.82. The molecule has 0 aliphatic carbocycles. The van der Waals surface area contributed by atoms with Gasteiger partial charge in [-0.3, -0.25) is 4.79 Å². The number of hydrogen-bond acceptors (Lipinski definition) is 3. The minimum Gasteiger partial charge on any atom is -0.393 e. The molecule has 1 rings (SSSR count). The Hall–Kier alpha value is -0.940. The van der Waals surface area contributed by atoms with Gasteiger partial charge in [0.1, 0.15) is 0 Å². The van der Waals surface area contributed by atoms with Gasteiger partial charge in [0.05, 0.1) is 11.4 Å². The van der Waals surface area contributed by atoms with E-state index in [1.54, 1.807) is 11.3 Å². The van der Waals surface area contributed by atoms with Crippen LogP contribution < -0.4 is 11.1 Å². The van der Waals surface area contributed by atoms with E-state index in [2.05, 4.69) is 5.32 Å². The molecule has 0 aromatic carbocycles. The van der Waals surface area contributed by atoms with Crippen molar-refractivity contribution in [2.45, 2.75) is 12.8 Å². The first-order chi connectivity index (χ1) is 6.68. The van der Waals surface area contributed by atoms with Crippen LogP contribution in [0.4, 0.5) is 0 Å². The van der Waals surface area contributed by atoms with Gasteiger partial charge < -0.3 is 11.1 Å². The maximum atomic E-state index is 11.3. The lowest BCUT2D eigenvalue weighted by atomic mass is 10.3. The predicted octanol–water partition coefficient (Wildman–Crippen LogP) is 1.08. The van der Waals surface area contributed by atoms with Gasteiger partial charge >= 0.3 is 0 Å². The molecule has 76 valence electrons. The van der Waals surface area contributed by atoms with Crippen LogP contribution in [0, 0.1) is 0 Å². The lowest BCUT2D eigenvalue weighted by molar-refractivity contribution is -0.120. The molecule has 3 nitrogen and oxygen atoms in total. The molecule has 0 aliphatic heterocycles. The summed E-state index contributed by atoms with van der Waals surface area (Å²) in [6, 6.07) is 3.88. The zero-order chi connectivity index (χ0) is 10.4. The van der Waals surface area contributed by atoms with Crippen molar-refractivity contribution in [1.29, 1.82) is 0 Å². The minimum absolute atomic E-state index is 0.0173. The molecule has 0 bridgehead atoms. The van der Waals surface area contributed by atoms with Gasteiger partial charge in [0.2, 0.25) is 5.91 Å². The van der Waals surface area contributed by atoms with E-state index in [4.69, 9.17) is 18.0 Å². The third kappa shape index (κ3) is 4.34. The number of thiophene rings is 1. The van der Waals surface area contributed by atoms with Crippen molar-refractivity contribution in [2.75, 3.05) is 6.54 Å². The Morgan fingerprint density at radius 2 is 2.43 bits per heavy atom. The average Bonchev–Trinajstić information content (AvgIpc) is 2.56. The number of nitrogens with one attached hydrogen (secondary N) is 1. The first-order valence-electron chi connectivity index (χ1n) is 4.26. The van der Waals surface area contributed by atoms with Crippen LogP contribution in [0.3, 0.4) is 0 Å². The number of hydrogen-bond donors (Lipinski definition) is 2. The van der Waals surface area contributed by atoms with Gasteiger partial charge in [-0.05, 0) is 11.4 Å². The van der Waals surface area contributed by atoms with Crippen molar-refractivity contribution in [3.05, 3.63) is 22.4 Å². The Bertz CT molecular complexity index is 309. The summed E-state index contributed by atoms with van der Waals surface area (Å²) in [4.78, 5) is 12.8. The van der Waals surface area contributed by atoms with Crippen molar-refractivity contribution in [3.63, 3.8) is 0 Å². The zero-order valence-electron chi connectivity index (χ0n) is 7.66. The van der Waals surface area contributed by atoms with E-state index in [-0.39, 0.29) is 5.91 Å². The summed E-state index contributed by atoms with van der Waals surface area (Å²) in [6.07, 6.45) is 1.00. The van der Waals surface area contributed by atoms with Gasteiger partial charge in [0.25, 0.3) is 0 Å². The van der Waals surface area contributed by atoms with Crippen molar-refractivity contribution in [2.24, 2.45) is 5.73 Å². The fourth-order valence-electron chi connectivity index (χ4n) is 0.959. The minimum atomic E-state index is 0.0173. The number of amides is 1. The molecule has 1 heterocycles. The molecule has 0 atom stereocenters. The summed E-state index contributed by atoms with van der Waals surface area (Å²) in [6.45, 7) is 0.527. The molecular formula is C9H12N2OS2. The highest BCUT2D eigenvalue weighted by Crippen LogP contribution is 2.08. The molecule has 0 spiro atoms. The van der Waals surface area contributed by atoms with E-state index in [9.17, 15) is 4.79 Å². The summed E-state index contributed by atoms with van der Waals surface area (Å²) in [5, 5.41) is 4.71. The highest BCUT2D eigenvalue weighted by Gasteiger charge is 2.02. The van der Waals surface area contributed by atoms with E-state index in [0.717, 1.165) is 4.88 Å². The Kier molecular flexibility index (Phi) is 4.55. The second-order valence-corrected chi connectivity index (χ2v) is 4.38. The Labute approximate surface area is 92.3 Å². The summed E-state index contributed by atoms with van der Waals surface area (Å²) in [5.74, 6) is 0.0173. The topological polar surface area (TPSA) is 55.1 Å². The number of carbonyl (C=O) groups excluding carboxylic acids is 1. The number of thiocarbonyl (C=S) groups is 1. The Morgan fingerprint density at radius 1 is 1.64 bits per heavy atom. The monoisotopic (exact) mass is 228 g/mol. The Balaban J connectivity index is 2.20. The van der Waals surface area contributed by atoms with Gasteiger partial charge in [-0.1, -0.05) is 18.3 Å². The van der Waals surface area contributed by atoms with Crippen molar-refractivity contribution in [1.82, 2.24) is 5.32 Å². The fourth-order valence-corrected chi connectivity index (χ4v) is 1.76. The lowest BCUT2D eigenvalue weighted by Crippen LogP contribution is -2.28. The molecule has 1 amide bonds. The number of rotatable bonds is 5. The smallest absolute Gasteiger partial charge is 0.225 e. The molecule has 3 N–H and O–H groups in total. The third-order valence-electron chi connectivity index (χ3n) is 1.61. The van der Waals surface area contributed by atoms with Crippen LogP contribution in [-0.4, -0.2) is 17.4 Å². The van der Waals surface area contributed by atoms with Gasteiger partial charge in [0.15, 0.2) is 0 Å². The van der Waals surface area contributed by atoms with Crippen LogP contribution in [0.1, 0.15) is 11.3 Å². The molecule has 0 saturated carbocycles. The predicted molar refractivity (Wildman–Crippen MR) is 62.4 cm³/mol. The average molecular weight is 228 g/mol. The molecule has 0 saturated heterocycles. The Morgan fingerprint density at radius 3 is 3.00 bits per heavy atom. The van der Waals surface area contributed by atoms with Crippen LogP contribution in [0.5, 0.6) is 0 Å². The molecule has 0 fully saturated rings. The second kappa shape index (κ2) is 5.72. The quantitative estimate of drug-likeness (QED) is 0.742. The molecular weight excluding hydrogens is 216 g/mol. The number of nitrogens with two attached hydrogens (primary N) is 1. The summed E-state index contributed by atoms with van der Waals surface area (Å²) in [7, 11) is 0. The zero-order valence-corrected chi connectivity index (χ0v) is 9.29. The van der Waals surface area contributed by atoms with E-state index < -0.39 is 0 Å². The van der Waals surface area contributed by atoms with Crippen LogP contribution >= 0.6 is 23.6 Å². The van der Waals surface area contributed by atoms with Gasteiger partial charge in [0, 0.05) is 17.8 Å². The normalized spacial score (nSPS) is 9.71. The van der Waals surface area contributed by atoms with E-state index in [0.29, 0.717) is 24.4 Å². The molecule has 5 heteroatoms. The summed E-state index contributed by atoms with van der Waals surface area (Å²) in [5.41, 5.74) is 5.30. The molecule has 0 unspecified atom stereocenters. The molecule has 0 radical (unpaired) electrons. The summed E-state index contributed by atoms with van der Waals surface area (Å²) >= 11 is 6.27. The van der Waals surface area contributed by atoms with Crippen molar-refractivity contribution in [3.8, 4) is 0 Å². The first-order valence-corrected chi connectivity index (χ1v) is 5.54. The highest BCUT2D eigenvalue weighted by atomic mass is 32.1. The lowest BCUT2D eigenvalue weighted by Gasteiger charge is -2.02. The maximum Gasteiger partial charge on any atom is 0.225 e. The van der Waals surface area contributed by atoms with Crippen LogP contribution in [0.2, 0.25) is 0 Å². The molecule has 1 aromatic rings. The van der Waals surface area contributed by atoms with Crippen molar-refractivity contribution >= 4 is 34.5 Å². The summed E-state index contributed by atoms with van der Waals surface area (Å²) < 4.78 is 0. The van der Waals surface area contributed by atoms with Crippen LogP contribution in [0.25, 0.3) is 0 Å². The van der Waals surface area contributed by atoms with Crippen LogP contribution in [-0.2, 0) is 11.2 Å². The van der Waals surface area contributed by atoms with E-state index in [1.807, 2.05) is 17.5 Å². The highest BCUT2D eigenvalue weighted by molar-refractivity contribution is 7.80. The number of carbonyl (C=O) groups is 1. The van der Waals surface area contributed by atoms with Crippen LogP contribution in [0.15, 0.2) is 17.5 Å². The largest absolute Gasteiger partial charge is 0.393 e. The molecule has 14 heavy (non-hydrogen) atoms. The fraction of sp³-hybridized carbons (Fsp3) is 0.333. The van der Waals surface area contributed by atoms with Crippen molar-refractivity contribution < 1.29 is 4.79 Å². The van der Waals surface area contributed by atoms with E-state index >= 15 is 0 Å². The van der Waals surface area contributed by atoms with E-state index in [1.165, 1.54) is 0 Å². The van der Waals surface area contributed by atoms with Gasteiger partial charge in [-0.2, -0.15) is 0 Å². The van der Waals surface area contributed by atoms with Gasteiger partial charge in [-0.25, -0.2) is 0 Å². The third-order valence-corrected chi connectivity index (χ3v) is 2.69. The standard InChI is InChI=1S/C9H12N2OS2/c10-8(13)3-4-11-9(12)6-7-2-1-5-14-7/h1-2,5H,3-4,6H2,(H2,10,13)(H,11,12). The molecule has 0 aliphatic rings.